The molecule has 2 aromatic rings. The topological polar surface area (TPSA) is 49.8 Å². The number of fused-ring (bicyclic) bond motifs is 1. The third-order valence-corrected chi connectivity index (χ3v) is 4.29. The van der Waals surface area contributed by atoms with Gasteiger partial charge in [0.25, 0.3) is 0 Å². The number of aromatic nitrogens is 2. The summed E-state index contributed by atoms with van der Waals surface area (Å²) >= 11 is 3.58. The Labute approximate surface area is 127 Å². The van der Waals surface area contributed by atoms with E-state index in [9.17, 15) is 0 Å². The minimum atomic E-state index is 0.855. The lowest BCUT2D eigenvalue weighted by molar-refractivity contribution is 0.627. The molecule has 0 bridgehead atoms. The van der Waals surface area contributed by atoms with Crippen LogP contribution in [0.5, 0.6) is 0 Å². The number of hydrogen-bond acceptors (Lipinski definition) is 4. The highest BCUT2D eigenvalue weighted by atomic mass is 79.9. The molecule has 0 radical (unpaired) electrons. The summed E-state index contributed by atoms with van der Waals surface area (Å²) in [5, 5.41) is 6.81. The van der Waals surface area contributed by atoms with Crippen molar-refractivity contribution >= 4 is 21.7 Å². The monoisotopic (exact) mass is 332 g/mol. The fraction of sp³-hybridized carbons (Fsp3) is 0.333. The first-order valence-electron chi connectivity index (χ1n) is 6.85. The Bertz CT molecular complexity index is 600. The first kappa shape index (κ1) is 13.5. The zero-order valence-electron chi connectivity index (χ0n) is 11.2. The molecule has 0 amide bonds. The van der Waals surface area contributed by atoms with E-state index in [-0.39, 0.29) is 0 Å². The molecule has 0 fully saturated rings. The number of anilines is 1. The van der Waals surface area contributed by atoms with Gasteiger partial charge in [0, 0.05) is 36.1 Å². The average Bonchev–Trinajstić information content (AvgIpc) is 2.49. The molecular weight excluding hydrogens is 316 g/mol. The van der Waals surface area contributed by atoms with Gasteiger partial charge in [0.1, 0.15) is 12.1 Å². The Morgan fingerprint density at radius 2 is 2.15 bits per heavy atom. The van der Waals surface area contributed by atoms with Gasteiger partial charge in [0.05, 0.1) is 5.69 Å². The van der Waals surface area contributed by atoms with E-state index >= 15 is 0 Å². The van der Waals surface area contributed by atoms with Gasteiger partial charge in [0.2, 0.25) is 0 Å². The number of nitrogens with one attached hydrogen (secondary N) is 2. The van der Waals surface area contributed by atoms with Crippen LogP contribution < -0.4 is 10.6 Å². The highest BCUT2D eigenvalue weighted by molar-refractivity contribution is 9.10. The molecule has 2 heterocycles. The van der Waals surface area contributed by atoms with Crippen molar-refractivity contribution in [1.29, 1.82) is 0 Å². The lowest BCUT2D eigenvalue weighted by atomic mass is 10.1. The van der Waals surface area contributed by atoms with Crippen molar-refractivity contribution in [1.82, 2.24) is 15.3 Å². The number of hydrogen-bond donors (Lipinski definition) is 2. The normalized spacial score (nSPS) is 13.8. The molecule has 104 valence electrons. The zero-order valence-corrected chi connectivity index (χ0v) is 12.8. The first-order valence-corrected chi connectivity index (χ1v) is 7.64. The van der Waals surface area contributed by atoms with E-state index in [1.165, 1.54) is 16.8 Å². The summed E-state index contributed by atoms with van der Waals surface area (Å²) in [4.78, 5) is 8.73. The number of halogens is 1. The van der Waals surface area contributed by atoms with Gasteiger partial charge >= 0.3 is 0 Å². The molecule has 4 nitrogen and oxygen atoms in total. The van der Waals surface area contributed by atoms with Crippen molar-refractivity contribution in [2.45, 2.75) is 19.4 Å². The third kappa shape index (κ3) is 2.99. The zero-order chi connectivity index (χ0) is 13.8. The molecule has 0 saturated carbocycles. The highest BCUT2D eigenvalue weighted by Crippen LogP contribution is 2.19. The van der Waals surface area contributed by atoms with Crippen LogP contribution in [0.2, 0.25) is 0 Å². The number of benzene rings is 1. The Hall–Kier alpha value is -1.46. The molecule has 3 rings (SSSR count). The summed E-state index contributed by atoms with van der Waals surface area (Å²) in [7, 11) is 0. The Morgan fingerprint density at radius 1 is 1.25 bits per heavy atom. The number of nitrogens with zero attached hydrogens (tertiary/aromatic N) is 2. The summed E-state index contributed by atoms with van der Waals surface area (Å²) < 4.78 is 1.16. The van der Waals surface area contributed by atoms with Crippen LogP contribution in [0.3, 0.4) is 0 Å². The molecule has 0 saturated heterocycles. The second kappa shape index (κ2) is 6.33. The highest BCUT2D eigenvalue weighted by Gasteiger charge is 2.14. The van der Waals surface area contributed by atoms with Gasteiger partial charge in [-0.25, -0.2) is 9.97 Å². The largest absolute Gasteiger partial charge is 0.369 e. The second-order valence-electron chi connectivity index (χ2n) is 4.84. The van der Waals surface area contributed by atoms with E-state index in [1.54, 1.807) is 6.33 Å². The van der Waals surface area contributed by atoms with Crippen LogP contribution in [0, 0.1) is 0 Å². The summed E-state index contributed by atoms with van der Waals surface area (Å²) in [5.74, 6) is 0.967. The van der Waals surface area contributed by atoms with E-state index in [2.05, 4.69) is 54.7 Å². The van der Waals surface area contributed by atoms with E-state index in [0.717, 1.165) is 42.8 Å². The molecule has 1 aromatic heterocycles. The van der Waals surface area contributed by atoms with Crippen LogP contribution in [-0.4, -0.2) is 23.1 Å². The summed E-state index contributed by atoms with van der Waals surface area (Å²) in [6.07, 6.45) is 3.61. The van der Waals surface area contributed by atoms with Crippen LogP contribution in [0.25, 0.3) is 0 Å². The van der Waals surface area contributed by atoms with Gasteiger partial charge in [-0.05, 0) is 18.1 Å². The lowest BCUT2D eigenvalue weighted by Gasteiger charge is -2.19. The molecule has 1 aromatic carbocycles. The Kier molecular flexibility index (Phi) is 4.28. The summed E-state index contributed by atoms with van der Waals surface area (Å²) in [6.45, 7) is 2.72. The van der Waals surface area contributed by atoms with Crippen LogP contribution in [0.15, 0.2) is 35.1 Å². The van der Waals surface area contributed by atoms with Crippen LogP contribution in [0.4, 0.5) is 5.82 Å². The predicted molar refractivity (Wildman–Crippen MR) is 83.8 cm³/mol. The smallest absolute Gasteiger partial charge is 0.134 e. The van der Waals surface area contributed by atoms with Crippen molar-refractivity contribution in [3.8, 4) is 0 Å². The Balaban J connectivity index is 1.66. The summed E-state index contributed by atoms with van der Waals surface area (Å²) in [5.41, 5.74) is 3.69. The van der Waals surface area contributed by atoms with E-state index in [4.69, 9.17) is 0 Å². The van der Waals surface area contributed by atoms with Gasteiger partial charge in [-0.1, -0.05) is 34.1 Å². The second-order valence-corrected chi connectivity index (χ2v) is 5.70. The van der Waals surface area contributed by atoms with Crippen LogP contribution >= 0.6 is 15.9 Å². The van der Waals surface area contributed by atoms with E-state index in [1.807, 2.05) is 6.07 Å². The molecule has 1 aliphatic rings. The number of rotatable bonds is 4. The standard InChI is InChI=1S/C15H17BrN4/c16-13-4-2-1-3-11(13)5-8-18-15-12-9-17-7-6-14(12)19-10-20-15/h1-4,10,17H,5-9H2,(H,18,19,20). The molecule has 0 unspecified atom stereocenters. The van der Waals surface area contributed by atoms with Gasteiger partial charge in [-0.2, -0.15) is 0 Å². The maximum atomic E-state index is 4.37. The third-order valence-electron chi connectivity index (χ3n) is 3.52. The van der Waals surface area contributed by atoms with Crippen molar-refractivity contribution in [2.75, 3.05) is 18.4 Å². The van der Waals surface area contributed by atoms with Gasteiger partial charge in [-0.3, -0.25) is 0 Å². The lowest BCUT2D eigenvalue weighted by Crippen LogP contribution is -2.26. The molecule has 2 N–H and O–H groups in total. The SMILES string of the molecule is Brc1ccccc1CCNc1ncnc2c1CNCC2. The van der Waals surface area contributed by atoms with Crippen molar-refractivity contribution in [2.24, 2.45) is 0 Å². The fourth-order valence-electron chi connectivity index (χ4n) is 2.44. The molecule has 1 aliphatic heterocycles. The average molecular weight is 333 g/mol. The van der Waals surface area contributed by atoms with Gasteiger partial charge in [-0.15, -0.1) is 0 Å². The first-order chi connectivity index (χ1) is 9.84. The van der Waals surface area contributed by atoms with Crippen molar-refractivity contribution in [3.63, 3.8) is 0 Å². The van der Waals surface area contributed by atoms with Crippen LogP contribution in [-0.2, 0) is 19.4 Å². The molecule has 0 spiro atoms. The minimum absolute atomic E-state index is 0.855. The van der Waals surface area contributed by atoms with Crippen molar-refractivity contribution < 1.29 is 0 Å². The van der Waals surface area contributed by atoms with Gasteiger partial charge < -0.3 is 10.6 Å². The maximum Gasteiger partial charge on any atom is 0.134 e. The van der Waals surface area contributed by atoms with E-state index in [0.29, 0.717) is 0 Å². The molecule has 0 atom stereocenters. The quantitative estimate of drug-likeness (QED) is 0.903. The summed E-state index contributed by atoms with van der Waals surface area (Å²) in [6, 6.07) is 8.32. The molecular formula is C15H17BrN4. The Morgan fingerprint density at radius 3 is 3.05 bits per heavy atom. The minimum Gasteiger partial charge on any atom is -0.369 e. The molecule has 20 heavy (non-hydrogen) atoms. The fourth-order valence-corrected chi connectivity index (χ4v) is 2.92. The van der Waals surface area contributed by atoms with E-state index < -0.39 is 0 Å². The predicted octanol–water partition coefficient (Wildman–Crippen LogP) is 2.54. The van der Waals surface area contributed by atoms with Gasteiger partial charge in [0.15, 0.2) is 0 Å². The molecule has 0 aliphatic carbocycles. The maximum absolute atomic E-state index is 4.37. The molecule has 5 heteroatoms. The van der Waals surface area contributed by atoms with Crippen molar-refractivity contribution in [3.05, 3.63) is 51.9 Å². The van der Waals surface area contributed by atoms with Crippen LogP contribution in [0.1, 0.15) is 16.8 Å².